The second-order valence-corrected chi connectivity index (χ2v) is 4.75. The third kappa shape index (κ3) is 3.56. The highest BCUT2D eigenvalue weighted by Gasteiger charge is 2.12. The number of aryl methyl sites for hydroxylation is 2. The zero-order valence-corrected chi connectivity index (χ0v) is 12.6. The average Bonchev–Trinajstić information content (AvgIpc) is 2.50. The first-order chi connectivity index (χ1) is 10.2. The van der Waals surface area contributed by atoms with Crippen LogP contribution in [-0.2, 0) is 6.42 Å². The summed E-state index contributed by atoms with van der Waals surface area (Å²) < 4.78 is 0. The minimum Gasteiger partial charge on any atom is -0.369 e. The second kappa shape index (κ2) is 6.83. The van der Waals surface area contributed by atoms with Crippen molar-refractivity contribution in [1.82, 2.24) is 10.2 Å². The number of amides is 1. The molecule has 2 rings (SSSR count). The summed E-state index contributed by atoms with van der Waals surface area (Å²) in [6.45, 7) is 6.79. The number of hydrogen-bond donors (Lipinski definition) is 2. The van der Waals surface area contributed by atoms with Crippen molar-refractivity contribution >= 4 is 17.4 Å². The Kier molecular flexibility index (Phi) is 4.87. The molecule has 0 aliphatic carbocycles. The SMILES string of the molecule is CCNc1ccc(C(=O)Nc2c(C)cccc2CC)nn1. The van der Waals surface area contributed by atoms with Gasteiger partial charge >= 0.3 is 0 Å². The predicted molar refractivity (Wildman–Crippen MR) is 84.7 cm³/mol. The second-order valence-electron chi connectivity index (χ2n) is 4.75. The van der Waals surface area contributed by atoms with Crippen molar-refractivity contribution in [2.45, 2.75) is 27.2 Å². The van der Waals surface area contributed by atoms with E-state index >= 15 is 0 Å². The summed E-state index contributed by atoms with van der Waals surface area (Å²) in [6.07, 6.45) is 0.863. The summed E-state index contributed by atoms with van der Waals surface area (Å²) in [5.74, 6) is 0.425. The molecule has 0 saturated heterocycles. The van der Waals surface area contributed by atoms with E-state index in [0.29, 0.717) is 11.5 Å². The predicted octanol–water partition coefficient (Wildman–Crippen LogP) is 3.03. The van der Waals surface area contributed by atoms with Crippen LogP contribution in [0.4, 0.5) is 11.5 Å². The highest BCUT2D eigenvalue weighted by atomic mass is 16.1. The third-order valence-electron chi connectivity index (χ3n) is 3.23. The molecule has 2 aromatic rings. The number of carbonyl (C=O) groups is 1. The van der Waals surface area contributed by atoms with Gasteiger partial charge in [-0.1, -0.05) is 25.1 Å². The van der Waals surface area contributed by atoms with Gasteiger partial charge in [0.05, 0.1) is 0 Å². The quantitative estimate of drug-likeness (QED) is 0.885. The minimum atomic E-state index is -0.241. The normalized spacial score (nSPS) is 10.2. The number of para-hydroxylation sites is 1. The summed E-state index contributed by atoms with van der Waals surface area (Å²) in [6, 6.07) is 9.42. The number of carbonyl (C=O) groups excluding carboxylic acids is 1. The fourth-order valence-corrected chi connectivity index (χ4v) is 2.11. The first-order valence-electron chi connectivity index (χ1n) is 7.13. The van der Waals surface area contributed by atoms with Crippen molar-refractivity contribution in [2.75, 3.05) is 17.2 Å². The van der Waals surface area contributed by atoms with E-state index in [0.717, 1.165) is 29.8 Å². The van der Waals surface area contributed by atoms with Gasteiger partial charge in [-0.2, -0.15) is 0 Å². The van der Waals surface area contributed by atoms with Crippen LogP contribution in [0.2, 0.25) is 0 Å². The first kappa shape index (κ1) is 15.0. The lowest BCUT2D eigenvalue weighted by atomic mass is 10.1. The first-order valence-corrected chi connectivity index (χ1v) is 7.13. The molecule has 21 heavy (non-hydrogen) atoms. The van der Waals surface area contributed by atoms with Gasteiger partial charge in [0.2, 0.25) is 0 Å². The lowest BCUT2D eigenvalue weighted by Gasteiger charge is -2.12. The van der Waals surface area contributed by atoms with E-state index in [1.807, 2.05) is 32.0 Å². The molecule has 1 heterocycles. The molecule has 1 aromatic heterocycles. The fraction of sp³-hybridized carbons (Fsp3) is 0.312. The van der Waals surface area contributed by atoms with Gasteiger partial charge in [0, 0.05) is 12.2 Å². The van der Waals surface area contributed by atoms with Crippen LogP contribution in [0.25, 0.3) is 0 Å². The van der Waals surface area contributed by atoms with Crippen LogP contribution in [0.1, 0.15) is 35.5 Å². The molecule has 0 saturated carbocycles. The molecular formula is C16H20N4O. The van der Waals surface area contributed by atoms with Crippen molar-refractivity contribution in [2.24, 2.45) is 0 Å². The van der Waals surface area contributed by atoms with E-state index in [9.17, 15) is 4.79 Å². The zero-order valence-electron chi connectivity index (χ0n) is 12.6. The van der Waals surface area contributed by atoms with Crippen molar-refractivity contribution in [1.29, 1.82) is 0 Å². The monoisotopic (exact) mass is 284 g/mol. The van der Waals surface area contributed by atoms with E-state index in [2.05, 4.69) is 27.8 Å². The Balaban J connectivity index is 2.18. The Morgan fingerprint density at radius 1 is 1.14 bits per heavy atom. The minimum absolute atomic E-state index is 0.241. The molecular weight excluding hydrogens is 264 g/mol. The summed E-state index contributed by atoms with van der Waals surface area (Å²) in [4.78, 5) is 12.3. The van der Waals surface area contributed by atoms with E-state index < -0.39 is 0 Å². The van der Waals surface area contributed by atoms with Crippen molar-refractivity contribution in [3.63, 3.8) is 0 Å². The van der Waals surface area contributed by atoms with Crippen molar-refractivity contribution < 1.29 is 4.79 Å². The Morgan fingerprint density at radius 3 is 2.57 bits per heavy atom. The van der Waals surface area contributed by atoms with E-state index in [1.54, 1.807) is 12.1 Å². The van der Waals surface area contributed by atoms with Crippen LogP contribution in [0.5, 0.6) is 0 Å². The average molecular weight is 284 g/mol. The van der Waals surface area contributed by atoms with Gasteiger partial charge in [0.1, 0.15) is 5.82 Å². The number of rotatable bonds is 5. The van der Waals surface area contributed by atoms with Crippen LogP contribution in [0.15, 0.2) is 30.3 Å². The number of anilines is 2. The van der Waals surface area contributed by atoms with E-state index in [-0.39, 0.29) is 5.91 Å². The topological polar surface area (TPSA) is 66.9 Å². The number of hydrogen-bond acceptors (Lipinski definition) is 4. The van der Waals surface area contributed by atoms with Gasteiger partial charge < -0.3 is 10.6 Å². The Hall–Kier alpha value is -2.43. The molecule has 1 amide bonds. The van der Waals surface area contributed by atoms with Gasteiger partial charge in [-0.25, -0.2) is 0 Å². The fourth-order valence-electron chi connectivity index (χ4n) is 2.11. The lowest BCUT2D eigenvalue weighted by Crippen LogP contribution is -2.16. The molecule has 0 atom stereocenters. The number of nitrogens with one attached hydrogen (secondary N) is 2. The van der Waals surface area contributed by atoms with E-state index in [1.165, 1.54) is 0 Å². The lowest BCUT2D eigenvalue weighted by molar-refractivity contribution is 0.102. The molecule has 2 N–H and O–H groups in total. The van der Waals surface area contributed by atoms with Gasteiger partial charge in [0.25, 0.3) is 5.91 Å². The highest BCUT2D eigenvalue weighted by molar-refractivity contribution is 6.03. The van der Waals surface area contributed by atoms with Crippen molar-refractivity contribution in [3.05, 3.63) is 47.2 Å². The molecule has 5 heteroatoms. The zero-order chi connectivity index (χ0) is 15.2. The summed E-state index contributed by atoms with van der Waals surface area (Å²) >= 11 is 0. The number of nitrogens with zero attached hydrogens (tertiary/aromatic N) is 2. The van der Waals surface area contributed by atoms with E-state index in [4.69, 9.17) is 0 Å². The number of benzene rings is 1. The summed E-state index contributed by atoms with van der Waals surface area (Å²) in [7, 11) is 0. The van der Waals surface area contributed by atoms with Crippen LogP contribution in [-0.4, -0.2) is 22.6 Å². The van der Waals surface area contributed by atoms with Gasteiger partial charge in [-0.15, -0.1) is 10.2 Å². The standard InChI is InChI=1S/C16H20N4O/c1-4-12-8-6-7-11(3)15(12)18-16(21)13-9-10-14(17-5-2)20-19-13/h6-10H,4-5H2,1-3H3,(H,17,20)(H,18,21). The Bertz CT molecular complexity index is 623. The summed E-state index contributed by atoms with van der Waals surface area (Å²) in [5, 5.41) is 13.9. The van der Waals surface area contributed by atoms with Gasteiger partial charge in [-0.3, -0.25) is 4.79 Å². The third-order valence-corrected chi connectivity index (χ3v) is 3.23. The Labute approximate surface area is 124 Å². The molecule has 0 aliphatic rings. The molecule has 1 aromatic carbocycles. The molecule has 0 fully saturated rings. The molecule has 0 unspecified atom stereocenters. The number of aromatic nitrogens is 2. The van der Waals surface area contributed by atoms with Crippen molar-refractivity contribution in [3.8, 4) is 0 Å². The smallest absolute Gasteiger partial charge is 0.276 e. The van der Waals surface area contributed by atoms with Crippen LogP contribution in [0.3, 0.4) is 0 Å². The van der Waals surface area contributed by atoms with Gasteiger partial charge in [-0.05, 0) is 43.5 Å². The van der Waals surface area contributed by atoms with Crippen LogP contribution >= 0.6 is 0 Å². The maximum absolute atomic E-state index is 12.3. The molecule has 5 nitrogen and oxygen atoms in total. The maximum atomic E-state index is 12.3. The molecule has 0 bridgehead atoms. The van der Waals surface area contributed by atoms with Crippen LogP contribution in [0, 0.1) is 6.92 Å². The van der Waals surface area contributed by atoms with Crippen LogP contribution < -0.4 is 10.6 Å². The highest BCUT2D eigenvalue weighted by Crippen LogP contribution is 2.21. The molecule has 0 radical (unpaired) electrons. The Morgan fingerprint density at radius 2 is 1.95 bits per heavy atom. The maximum Gasteiger partial charge on any atom is 0.276 e. The van der Waals surface area contributed by atoms with Gasteiger partial charge in [0.15, 0.2) is 5.69 Å². The molecule has 0 spiro atoms. The molecule has 110 valence electrons. The molecule has 0 aliphatic heterocycles. The summed E-state index contributed by atoms with van der Waals surface area (Å²) in [5.41, 5.74) is 3.32. The largest absolute Gasteiger partial charge is 0.369 e.